The predicted molar refractivity (Wildman–Crippen MR) is 47.9 cm³/mol. The summed E-state index contributed by atoms with van der Waals surface area (Å²) in [6.07, 6.45) is 1.86. The van der Waals surface area contributed by atoms with Crippen LogP contribution >= 0.6 is 35.0 Å². The van der Waals surface area contributed by atoms with E-state index in [1.165, 1.54) is 0 Å². The van der Waals surface area contributed by atoms with E-state index in [-0.39, 0.29) is 0 Å². The Bertz CT molecular complexity index is 71.5. The molecule has 9 heavy (non-hydrogen) atoms. The molecule has 54 valence electrons. The molecule has 0 radical (unpaired) electrons. The molecule has 0 atom stereocenters. The number of hydrogen-bond acceptors (Lipinski definition) is 1. The van der Waals surface area contributed by atoms with Gasteiger partial charge in [0.2, 0.25) is 0 Å². The summed E-state index contributed by atoms with van der Waals surface area (Å²) in [5, 5.41) is 0.381. The maximum atomic E-state index is 5.56. The van der Waals surface area contributed by atoms with Crippen molar-refractivity contribution in [2.45, 2.75) is 5.25 Å². The summed E-state index contributed by atoms with van der Waals surface area (Å²) in [4.78, 5) is 0. The normalized spacial score (nSPS) is 10.1. The molecule has 0 fully saturated rings. The highest BCUT2D eigenvalue weighted by Crippen LogP contribution is 2.13. The number of halogens is 2. The minimum absolute atomic E-state index is 0.381. The van der Waals surface area contributed by atoms with Crippen LogP contribution in [0.15, 0.2) is 12.7 Å². The molecule has 0 aliphatic carbocycles. The molecule has 0 saturated heterocycles. The second kappa shape index (κ2) is 6.79. The monoisotopic (exact) mass is 184 g/mol. The molecule has 0 aliphatic rings. The fourth-order valence-corrected chi connectivity index (χ4v) is 1.79. The lowest BCUT2D eigenvalue weighted by atomic mass is 10.6. The van der Waals surface area contributed by atoms with Crippen molar-refractivity contribution in [3.05, 3.63) is 12.7 Å². The summed E-state index contributed by atoms with van der Waals surface area (Å²) in [7, 11) is 0. The van der Waals surface area contributed by atoms with Crippen molar-refractivity contribution < 1.29 is 0 Å². The Morgan fingerprint density at radius 1 is 1.44 bits per heavy atom. The molecule has 0 amide bonds. The Balaban J connectivity index is 3.19. The van der Waals surface area contributed by atoms with Crippen molar-refractivity contribution in [3.63, 3.8) is 0 Å². The van der Waals surface area contributed by atoms with Crippen LogP contribution in [0.25, 0.3) is 0 Å². The second-order valence-corrected chi connectivity index (χ2v) is 3.50. The van der Waals surface area contributed by atoms with Crippen LogP contribution in [0, 0.1) is 0 Å². The molecule has 0 spiro atoms. The van der Waals surface area contributed by atoms with Crippen molar-refractivity contribution in [1.29, 1.82) is 0 Å². The first-order valence-electron chi connectivity index (χ1n) is 2.69. The summed E-state index contributed by atoms with van der Waals surface area (Å²) < 4.78 is 0. The maximum Gasteiger partial charge on any atom is 0.0354 e. The molecular formula is C6H10Cl2S. The lowest BCUT2D eigenvalue weighted by Gasteiger charge is -2.05. The quantitative estimate of drug-likeness (QED) is 0.468. The summed E-state index contributed by atoms with van der Waals surface area (Å²) in [5.41, 5.74) is 0. The first-order valence-corrected chi connectivity index (χ1v) is 4.81. The molecule has 0 aliphatic heterocycles. The van der Waals surface area contributed by atoms with E-state index in [1.54, 1.807) is 11.8 Å². The van der Waals surface area contributed by atoms with Gasteiger partial charge in [0.25, 0.3) is 0 Å². The smallest absolute Gasteiger partial charge is 0.0354 e. The molecule has 0 rings (SSSR count). The number of hydrogen-bond donors (Lipinski definition) is 0. The van der Waals surface area contributed by atoms with Crippen LogP contribution in [0.4, 0.5) is 0 Å². The molecule has 0 heterocycles. The van der Waals surface area contributed by atoms with Gasteiger partial charge in [-0.1, -0.05) is 6.08 Å². The Hall–Kier alpha value is 0.670. The van der Waals surface area contributed by atoms with Gasteiger partial charge < -0.3 is 0 Å². The standard InChI is InChI=1S/C6H10Cl2S/c1-2-3-9-6(4-7)5-8/h2,6H,1,3-5H2. The largest absolute Gasteiger partial charge is 0.152 e. The summed E-state index contributed by atoms with van der Waals surface area (Å²) >= 11 is 12.9. The average Bonchev–Trinajstić information content (AvgIpc) is 1.91. The SMILES string of the molecule is C=CCSC(CCl)CCl. The van der Waals surface area contributed by atoms with Crippen LogP contribution in [0.3, 0.4) is 0 Å². The zero-order chi connectivity index (χ0) is 7.11. The predicted octanol–water partition coefficient (Wildman–Crippen LogP) is 2.75. The van der Waals surface area contributed by atoms with E-state index in [4.69, 9.17) is 23.2 Å². The van der Waals surface area contributed by atoms with E-state index in [1.807, 2.05) is 6.08 Å². The lowest BCUT2D eigenvalue weighted by molar-refractivity contribution is 1.13. The molecule has 3 heteroatoms. The minimum atomic E-state index is 0.381. The van der Waals surface area contributed by atoms with Crippen LogP contribution in [-0.4, -0.2) is 22.8 Å². The Kier molecular flexibility index (Phi) is 7.29. The van der Waals surface area contributed by atoms with E-state index >= 15 is 0 Å². The minimum Gasteiger partial charge on any atom is -0.152 e. The fraction of sp³-hybridized carbons (Fsp3) is 0.667. The summed E-state index contributed by atoms with van der Waals surface area (Å²) in [6, 6.07) is 0. The summed E-state index contributed by atoms with van der Waals surface area (Å²) in [6.45, 7) is 3.59. The molecule has 0 unspecified atom stereocenters. The van der Waals surface area contributed by atoms with E-state index in [2.05, 4.69) is 6.58 Å². The third-order valence-corrected chi connectivity index (χ3v) is 3.14. The van der Waals surface area contributed by atoms with Crippen molar-refractivity contribution in [2.24, 2.45) is 0 Å². The highest BCUT2D eigenvalue weighted by atomic mass is 35.5. The third kappa shape index (κ3) is 5.13. The van der Waals surface area contributed by atoms with Crippen LogP contribution in [0.1, 0.15) is 0 Å². The van der Waals surface area contributed by atoms with Gasteiger partial charge in [-0.05, 0) is 0 Å². The van der Waals surface area contributed by atoms with Gasteiger partial charge in [-0.2, -0.15) is 11.8 Å². The van der Waals surface area contributed by atoms with Crippen LogP contribution in [0.5, 0.6) is 0 Å². The van der Waals surface area contributed by atoms with E-state index in [9.17, 15) is 0 Å². The third-order valence-electron chi connectivity index (χ3n) is 0.794. The van der Waals surface area contributed by atoms with Gasteiger partial charge >= 0.3 is 0 Å². The highest BCUT2D eigenvalue weighted by Gasteiger charge is 2.02. The van der Waals surface area contributed by atoms with E-state index < -0.39 is 0 Å². The second-order valence-electron chi connectivity index (χ2n) is 1.55. The van der Waals surface area contributed by atoms with Gasteiger partial charge in [0.05, 0.1) is 0 Å². The zero-order valence-corrected chi connectivity index (χ0v) is 7.48. The number of rotatable bonds is 5. The lowest BCUT2D eigenvalue weighted by Crippen LogP contribution is -2.06. The zero-order valence-electron chi connectivity index (χ0n) is 5.15. The molecule has 0 aromatic carbocycles. The molecule has 0 aromatic heterocycles. The van der Waals surface area contributed by atoms with E-state index in [0.29, 0.717) is 17.0 Å². The maximum absolute atomic E-state index is 5.56. The Labute approximate surface area is 70.6 Å². The van der Waals surface area contributed by atoms with Gasteiger partial charge in [-0.15, -0.1) is 29.8 Å². The topological polar surface area (TPSA) is 0 Å². The van der Waals surface area contributed by atoms with Crippen molar-refractivity contribution in [3.8, 4) is 0 Å². The van der Waals surface area contributed by atoms with Crippen LogP contribution < -0.4 is 0 Å². The molecule has 0 aromatic rings. The Morgan fingerprint density at radius 2 is 2.00 bits per heavy atom. The average molecular weight is 185 g/mol. The van der Waals surface area contributed by atoms with Gasteiger partial charge in [0.1, 0.15) is 0 Å². The van der Waals surface area contributed by atoms with Crippen LogP contribution in [0.2, 0.25) is 0 Å². The van der Waals surface area contributed by atoms with Crippen LogP contribution in [-0.2, 0) is 0 Å². The van der Waals surface area contributed by atoms with E-state index in [0.717, 1.165) is 5.75 Å². The molecule has 0 bridgehead atoms. The number of thioether (sulfide) groups is 1. The molecule has 0 N–H and O–H groups in total. The van der Waals surface area contributed by atoms with Gasteiger partial charge in [0, 0.05) is 22.8 Å². The first-order chi connectivity index (χ1) is 4.35. The molecule has 0 saturated carbocycles. The van der Waals surface area contributed by atoms with Crippen molar-refractivity contribution in [2.75, 3.05) is 17.5 Å². The van der Waals surface area contributed by atoms with Crippen molar-refractivity contribution >= 4 is 35.0 Å². The van der Waals surface area contributed by atoms with Gasteiger partial charge in [0.15, 0.2) is 0 Å². The van der Waals surface area contributed by atoms with Gasteiger partial charge in [-0.3, -0.25) is 0 Å². The fourth-order valence-electron chi connectivity index (χ4n) is 0.334. The highest BCUT2D eigenvalue weighted by molar-refractivity contribution is 8.00. The Morgan fingerprint density at radius 3 is 2.33 bits per heavy atom. The first kappa shape index (κ1) is 9.67. The molecule has 0 nitrogen and oxygen atoms in total. The molecular weight excluding hydrogens is 175 g/mol. The van der Waals surface area contributed by atoms with Gasteiger partial charge in [-0.25, -0.2) is 0 Å². The number of alkyl halides is 2. The van der Waals surface area contributed by atoms with Crippen molar-refractivity contribution in [1.82, 2.24) is 0 Å². The summed E-state index contributed by atoms with van der Waals surface area (Å²) in [5.74, 6) is 2.19.